The van der Waals surface area contributed by atoms with Crippen molar-refractivity contribution in [3.8, 4) is 0 Å². The summed E-state index contributed by atoms with van der Waals surface area (Å²) in [6, 6.07) is 26.4. The average molecular weight is 1520 g/mol. The molecule has 555 valence electrons. The van der Waals surface area contributed by atoms with Crippen LogP contribution in [0.15, 0.2) is 140 Å². The van der Waals surface area contributed by atoms with Crippen molar-refractivity contribution in [1.29, 1.82) is 0 Å². The molecule has 0 aromatic heterocycles. The molecule has 5 aliphatic heterocycles. The number of hydrogen-bond acceptors (Lipinski definition) is 19. The predicted octanol–water partition coefficient (Wildman–Crippen LogP) is 6.24. The number of halogens is 3. The second-order valence-electron chi connectivity index (χ2n) is 28.0. The number of primary sulfonamides is 4. The number of nitrogens with one attached hydrogen (secondary N) is 1. The summed E-state index contributed by atoms with van der Waals surface area (Å²) in [7, 11) is -21.2. The van der Waals surface area contributed by atoms with Gasteiger partial charge in [0.1, 0.15) is 11.2 Å². The van der Waals surface area contributed by atoms with E-state index in [9.17, 15) is 64.8 Å². The third-order valence-electron chi connectivity index (χ3n) is 16.0. The Morgan fingerprint density at radius 1 is 0.594 bits per heavy atom. The third kappa shape index (κ3) is 27.6. The fourth-order valence-electron chi connectivity index (χ4n) is 10.0. The molecular formula is C65H95B2F3N8NaO17S5. The zero-order valence-electron chi connectivity index (χ0n) is 60.8. The Morgan fingerprint density at radius 2 is 1.03 bits per heavy atom. The maximum absolute atomic E-state index is 12.5. The molecule has 36 heteroatoms. The molecule has 2 amide bonds. The summed E-state index contributed by atoms with van der Waals surface area (Å²) >= 11 is 0. The fourth-order valence-corrected chi connectivity index (χ4v) is 12.8. The molecule has 5 heterocycles. The molecule has 4 aromatic rings. The van der Waals surface area contributed by atoms with Gasteiger partial charge >= 0.3 is 64.5 Å². The van der Waals surface area contributed by atoms with Crippen molar-refractivity contribution in [3.05, 3.63) is 132 Å². The molecule has 2 saturated heterocycles. The smallest absolute Gasteiger partial charge is 1.00 e. The minimum absolute atomic E-state index is 0. The summed E-state index contributed by atoms with van der Waals surface area (Å²) in [6.07, 6.45) is 6.92. The number of piperidine rings is 1. The first-order valence-corrected chi connectivity index (χ1v) is 39.3. The van der Waals surface area contributed by atoms with Crippen molar-refractivity contribution >= 4 is 94.8 Å². The number of nitrogens with two attached hydrogens (primary N) is 4. The summed E-state index contributed by atoms with van der Waals surface area (Å²) in [5, 5.41) is 24.0. The van der Waals surface area contributed by atoms with Crippen molar-refractivity contribution in [1.82, 2.24) is 15.1 Å². The molecule has 0 spiro atoms. The van der Waals surface area contributed by atoms with Crippen molar-refractivity contribution in [2.75, 3.05) is 26.2 Å². The first kappa shape index (κ1) is 90.0. The topological polar surface area (TPSA) is 386 Å². The van der Waals surface area contributed by atoms with Gasteiger partial charge in [0.25, 0.3) is 0 Å². The van der Waals surface area contributed by atoms with Crippen LogP contribution in [0.3, 0.4) is 0 Å². The van der Waals surface area contributed by atoms with Gasteiger partial charge in [0.05, 0.1) is 36.5 Å². The number of amides is 2. The maximum Gasteiger partial charge on any atom is 1.00 e. The number of sulfonamides is 4. The number of rotatable bonds is 10. The monoisotopic (exact) mass is 1520 g/mol. The summed E-state index contributed by atoms with van der Waals surface area (Å²) in [5.74, 6) is 0.827. The van der Waals surface area contributed by atoms with Gasteiger partial charge < -0.3 is 29.7 Å². The third-order valence-corrected chi connectivity index (χ3v) is 20.6. The van der Waals surface area contributed by atoms with E-state index in [1.54, 1.807) is 81.1 Å². The van der Waals surface area contributed by atoms with Crippen molar-refractivity contribution in [2.24, 2.45) is 49.2 Å². The fraction of sp³-hybridized carbons (Fsp3) is 0.523. The van der Waals surface area contributed by atoms with Crippen LogP contribution in [0.4, 0.5) is 22.8 Å². The quantitative estimate of drug-likeness (QED) is 0.0666. The van der Waals surface area contributed by atoms with E-state index in [0.717, 1.165) is 73.0 Å². The first-order valence-electron chi connectivity index (χ1n) is 31.7. The number of alkyl halides is 3. The van der Waals surface area contributed by atoms with Gasteiger partial charge in [-0.05, 0) is 215 Å². The molecular weight excluding hydrogens is 1430 g/mol. The van der Waals surface area contributed by atoms with E-state index in [2.05, 4.69) is 28.3 Å². The minimum atomic E-state index is -5.84. The van der Waals surface area contributed by atoms with Crippen LogP contribution >= 0.6 is 0 Å². The molecule has 0 saturated carbocycles. The molecule has 9 N–H and O–H groups in total. The van der Waals surface area contributed by atoms with E-state index >= 15 is 0 Å². The second-order valence-corrected chi connectivity index (χ2v) is 35.8. The summed E-state index contributed by atoms with van der Waals surface area (Å²) in [4.78, 5) is 31.8. The van der Waals surface area contributed by atoms with E-state index < -0.39 is 103 Å². The number of carbonyl (C=O) groups excluding carboxylic acids is 2. The number of allylic oxidation sites excluding steroid dienone is 2. The second kappa shape index (κ2) is 35.7. The van der Waals surface area contributed by atoms with Crippen LogP contribution in [0.2, 0.25) is 0 Å². The van der Waals surface area contributed by atoms with Crippen LogP contribution in [0.25, 0.3) is 5.70 Å². The summed E-state index contributed by atoms with van der Waals surface area (Å²) < 4.78 is 177. The Labute approximate surface area is 620 Å². The SMILES string of the molecule is CC1(C)OB(c2cccc(S(N)(=O)=O)c2)OC1(C)C.CC1CC=C(OS(=O)(=O)C(F)(F)F)N(C(=O)OC(C)(C)C)C1.CC1CC=C(c2cccc(S(N)(=O)=O)c2)N(C(=O)OC(C)(C)C)C1.CC1CCC(c2cccc(S(N)(=O)=O)c2)=NC1.C[C@@H]1CC[C@@H](c2cccc(S(N)(=O)=O)c2)NC1.[B].[H-].[Na+]. The van der Waals surface area contributed by atoms with Gasteiger partial charge in [0.2, 0.25) is 46.0 Å². The van der Waals surface area contributed by atoms with E-state index in [1.165, 1.54) is 36.4 Å². The average Bonchev–Trinajstić information content (AvgIpc) is 1.58. The molecule has 0 aliphatic carbocycles. The molecule has 4 aromatic carbocycles. The van der Waals surface area contributed by atoms with Crippen LogP contribution in [0.1, 0.15) is 160 Å². The predicted molar refractivity (Wildman–Crippen MR) is 378 cm³/mol. The van der Waals surface area contributed by atoms with Gasteiger partial charge in [0.15, 0.2) is 0 Å². The number of benzene rings is 4. The standard InChI is InChI=1S/C17H24N2O4S.C12H18BNO4S.C12H18F3NO5S.C12H18N2O2S.C12H16N2O2S.B.Na.H/c1-12-8-9-15(19(11-12)16(20)23-17(2,3)4)13-6-5-7-14(10-13)24(18,21)22;1-11(2)12(3,4)18-13(17-11)9-6-5-7-10(8-9)19(14,15)16;1-8-5-6-9(21-22(18,19)12(13,14)15)16(7-8)10(17)20-11(2,3)4;2*1-9-5-6-12(14-8-9)10-3-2-4-11(7-10)17(13,15)16;;;/h5-7,9-10,12H,8,11H2,1-4H3,(H2,18,21,22);5-8H,1-4H3,(H2,14,15,16);6,8H,5,7H2,1-4H3;2-4,7,9,12,14H,5-6,8H2,1H3,(H2,13,15,16);2-4,7,9H,5-6,8H2,1H3,(H2,13,15,16);;;/q;;;;;;+1;-1/t;;;9-,12+;;;;/m...1..../s1. The first-order chi connectivity index (χ1) is 45.2. The Kier molecular flexibility index (Phi) is 31.8. The van der Waals surface area contributed by atoms with Gasteiger partial charge in [-0.15, -0.1) is 0 Å². The molecule has 0 bridgehead atoms. The molecule has 101 heavy (non-hydrogen) atoms. The molecule has 2 fully saturated rings. The van der Waals surface area contributed by atoms with Gasteiger partial charge in [-0.3, -0.25) is 9.89 Å². The zero-order chi connectivity index (χ0) is 74.9. The van der Waals surface area contributed by atoms with Gasteiger partial charge in [0, 0.05) is 39.8 Å². The van der Waals surface area contributed by atoms with Crippen molar-refractivity contribution < 1.29 is 119 Å². The normalized spacial score (nSPS) is 20.9. The molecule has 25 nitrogen and oxygen atoms in total. The number of nitrogens with zero attached hydrogens (tertiary/aromatic N) is 3. The minimum Gasteiger partial charge on any atom is -1.00 e. The van der Waals surface area contributed by atoms with Crippen LogP contribution in [-0.4, -0.2) is 139 Å². The number of carbonyl (C=O) groups is 2. The molecule has 3 radical (unpaired) electrons. The summed E-state index contributed by atoms with van der Waals surface area (Å²) in [5.41, 5.74) is -3.23. The number of hydrogen-bond donors (Lipinski definition) is 5. The van der Waals surface area contributed by atoms with E-state index in [4.69, 9.17) is 39.3 Å². The van der Waals surface area contributed by atoms with Crippen molar-refractivity contribution in [3.63, 3.8) is 0 Å². The van der Waals surface area contributed by atoms with Gasteiger partial charge in [-0.1, -0.05) is 82.3 Å². The van der Waals surface area contributed by atoms with Crippen LogP contribution in [-0.2, 0) is 73.2 Å². The Balaban J connectivity index is 0.000000433. The van der Waals surface area contributed by atoms with Crippen LogP contribution in [0.5, 0.6) is 0 Å². The zero-order valence-corrected chi connectivity index (χ0v) is 65.9. The Morgan fingerprint density at radius 3 is 1.49 bits per heavy atom. The van der Waals surface area contributed by atoms with Crippen LogP contribution in [0, 0.1) is 23.7 Å². The van der Waals surface area contributed by atoms with Gasteiger partial charge in [-0.2, -0.15) is 21.6 Å². The maximum atomic E-state index is 12.5. The van der Waals surface area contributed by atoms with Gasteiger partial charge in [-0.25, -0.2) is 68.7 Å². The van der Waals surface area contributed by atoms with Crippen LogP contribution < -0.4 is 60.9 Å². The Hall–Kier alpha value is -5.24. The molecule has 9 rings (SSSR count). The number of aliphatic imine (C=N–C) groups is 1. The molecule has 3 unspecified atom stereocenters. The Bertz CT molecular complexity index is 4220. The van der Waals surface area contributed by atoms with Crippen molar-refractivity contribution in [2.45, 2.75) is 189 Å². The molecule has 5 atom stereocenters. The van der Waals surface area contributed by atoms with E-state index in [0.29, 0.717) is 41.0 Å². The van der Waals surface area contributed by atoms with E-state index in [1.807, 2.05) is 73.6 Å². The summed E-state index contributed by atoms with van der Waals surface area (Å²) in [6.45, 7) is 28.4. The molecule has 5 aliphatic rings. The largest absolute Gasteiger partial charge is 1.00 e. The van der Waals surface area contributed by atoms with E-state index in [-0.39, 0.29) is 83.9 Å². The number of ether oxygens (including phenoxy) is 2.